The van der Waals surface area contributed by atoms with Crippen molar-refractivity contribution in [2.75, 3.05) is 6.54 Å². The molecule has 8 heteroatoms. The molecule has 0 radical (unpaired) electrons. The molecular formula is C11H20N4O4. The molecule has 6 N–H and O–H groups in total. The van der Waals surface area contributed by atoms with Crippen molar-refractivity contribution in [2.45, 2.75) is 44.3 Å². The van der Waals surface area contributed by atoms with Gasteiger partial charge in [-0.15, -0.1) is 0 Å². The zero-order chi connectivity index (χ0) is 14.3. The Kier molecular flexibility index (Phi) is 6.07. The summed E-state index contributed by atoms with van der Waals surface area (Å²) in [6.45, 7) is 0.788. The number of amides is 3. The molecule has 0 aromatic heterocycles. The highest BCUT2D eigenvalue weighted by molar-refractivity contribution is 5.82. The van der Waals surface area contributed by atoms with Crippen LogP contribution in [-0.4, -0.2) is 41.8 Å². The summed E-state index contributed by atoms with van der Waals surface area (Å²) in [6, 6.07) is -0.269. The second kappa shape index (κ2) is 7.57. The van der Waals surface area contributed by atoms with Crippen LogP contribution < -0.4 is 21.7 Å². The van der Waals surface area contributed by atoms with Crippen molar-refractivity contribution >= 4 is 17.9 Å². The number of carboxylic acid groups (broad SMARTS) is 1. The van der Waals surface area contributed by atoms with Crippen LogP contribution in [0, 0.1) is 0 Å². The first-order chi connectivity index (χ1) is 8.99. The SMILES string of the molecule is NC(=O)CCC[C@H](NC(=O)O)NC(=O)[C@@H]1CCCN1. The van der Waals surface area contributed by atoms with E-state index in [0.717, 1.165) is 19.4 Å². The topological polar surface area (TPSA) is 134 Å². The fourth-order valence-corrected chi connectivity index (χ4v) is 1.99. The molecule has 0 aliphatic carbocycles. The van der Waals surface area contributed by atoms with Crippen LogP contribution >= 0.6 is 0 Å². The van der Waals surface area contributed by atoms with Crippen LogP contribution in [0.1, 0.15) is 32.1 Å². The van der Waals surface area contributed by atoms with Crippen LogP contribution in [0.15, 0.2) is 0 Å². The highest BCUT2D eigenvalue weighted by atomic mass is 16.4. The minimum atomic E-state index is -1.22. The standard InChI is InChI=1S/C11H20N4O4/c12-8(16)4-1-5-9(15-11(18)19)14-10(17)7-3-2-6-13-7/h7,9,13,15H,1-6H2,(H2,12,16)(H,14,17)(H,18,19)/t7-,9-/m0/s1. The first-order valence-electron chi connectivity index (χ1n) is 6.30. The van der Waals surface area contributed by atoms with Gasteiger partial charge in [-0.1, -0.05) is 0 Å². The van der Waals surface area contributed by atoms with E-state index in [0.29, 0.717) is 12.8 Å². The number of rotatable bonds is 7. The Morgan fingerprint density at radius 1 is 1.37 bits per heavy atom. The van der Waals surface area contributed by atoms with E-state index in [1.165, 1.54) is 0 Å². The molecule has 1 aliphatic rings. The first kappa shape index (κ1) is 15.2. The Balaban J connectivity index is 2.40. The summed E-state index contributed by atoms with van der Waals surface area (Å²) in [5.41, 5.74) is 5.01. The average molecular weight is 272 g/mol. The molecule has 0 spiro atoms. The molecule has 1 saturated heterocycles. The van der Waals surface area contributed by atoms with Crippen molar-refractivity contribution < 1.29 is 19.5 Å². The molecule has 0 aromatic carbocycles. The quantitative estimate of drug-likeness (QED) is 0.383. The maximum absolute atomic E-state index is 11.8. The van der Waals surface area contributed by atoms with Crippen molar-refractivity contribution in [1.29, 1.82) is 0 Å². The number of primary amides is 1. The van der Waals surface area contributed by atoms with Crippen LogP contribution in [0.3, 0.4) is 0 Å². The molecule has 1 aliphatic heterocycles. The lowest BCUT2D eigenvalue weighted by Crippen LogP contribution is -2.52. The lowest BCUT2D eigenvalue weighted by Gasteiger charge is -2.20. The summed E-state index contributed by atoms with van der Waals surface area (Å²) < 4.78 is 0. The third kappa shape index (κ3) is 6.05. The fraction of sp³-hybridized carbons (Fsp3) is 0.727. The Morgan fingerprint density at radius 2 is 2.11 bits per heavy atom. The van der Waals surface area contributed by atoms with Gasteiger partial charge in [-0.25, -0.2) is 4.79 Å². The Labute approximate surface area is 111 Å². The summed E-state index contributed by atoms with van der Waals surface area (Å²) in [6.07, 6.45) is 0.654. The molecule has 19 heavy (non-hydrogen) atoms. The molecule has 1 fully saturated rings. The number of carbonyl (C=O) groups excluding carboxylic acids is 2. The van der Waals surface area contributed by atoms with Crippen molar-refractivity contribution in [1.82, 2.24) is 16.0 Å². The lowest BCUT2D eigenvalue weighted by molar-refractivity contribution is -0.123. The van der Waals surface area contributed by atoms with Gasteiger partial charge in [0.05, 0.1) is 6.04 Å². The van der Waals surface area contributed by atoms with Crippen LogP contribution in [0.25, 0.3) is 0 Å². The predicted octanol–water partition coefficient (Wildman–Crippen LogP) is -0.896. The zero-order valence-corrected chi connectivity index (χ0v) is 10.6. The summed E-state index contributed by atoms with van der Waals surface area (Å²) in [4.78, 5) is 33.1. The van der Waals surface area contributed by atoms with Crippen molar-refractivity contribution in [3.8, 4) is 0 Å². The molecule has 1 rings (SSSR count). The molecule has 0 unspecified atom stereocenters. The van der Waals surface area contributed by atoms with Crippen LogP contribution in [-0.2, 0) is 9.59 Å². The largest absolute Gasteiger partial charge is 0.465 e. The molecule has 0 bridgehead atoms. The van der Waals surface area contributed by atoms with Crippen LogP contribution in [0.4, 0.5) is 4.79 Å². The predicted molar refractivity (Wildman–Crippen MR) is 67.2 cm³/mol. The van der Waals surface area contributed by atoms with Gasteiger partial charge in [0.25, 0.3) is 0 Å². The van der Waals surface area contributed by atoms with Gasteiger partial charge >= 0.3 is 6.09 Å². The zero-order valence-electron chi connectivity index (χ0n) is 10.6. The number of carbonyl (C=O) groups is 3. The van der Waals surface area contributed by atoms with Crippen molar-refractivity contribution in [2.24, 2.45) is 5.73 Å². The minimum Gasteiger partial charge on any atom is -0.465 e. The Morgan fingerprint density at radius 3 is 2.63 bits per heavy atom. The molecule has 0 saturated carbocycles. The van der Waals surface area contributed by atoms with Gasteiger partial charge < -0.3 is 26.8 Å². The third-order valence-corrected chi connectivity index (χ3v) is 2.91. The summed E-state index contributed by atoms with van der Waals surface area (Å²) in [5.74, 6) is -0.673. The molecule has 108 valence electrons. The second-order valence-corrected chi connectivity index (χ2v) is 4.52. The van der Waals surface area contributed by atoms with E-state index in [4.69, 9.17) is 10.8 Å². The van der Waals surface area contributed by atoms with Gasteiger partial charge in [-0.2, -0.15) is 0 Å². The van der Waals surface area contributed by atoms with E-state index in [1.807, 2.05) is 0 Å². The van der Waals surface area contributed by atoms with E-state index < -0.39 is 18.2 Å². The van der Waals surface area contributed by atoms with Crippen LogP contribution in [0.2, 0.25) is 0 Å². The van der Waals surface area contributed by atoms with Crippen molar-refractivity contribution in [3.63, 3.8) is 0 Å². The summed E-state index contributed by atoms with van der Waals surface area (Å²) in [7, 11) is 0. The average Bonchev–Trinajstić information content (AvgIpc) is 2.80. The highest BCUT2D eigenvalue weighted by Crippen LogP contribution is 2.06. The molecule has 1 heterocycles. The lowest BCUT2D eigenvalue weighted by atomic mass is 10.1. The van der Waals surface area contributed by atoms with Crippen molar-refractivity contribution in [3.05, 3.63) is 0 Å². The monoisotopic (exact) mass is 272 g/mol. The third-order valence-electron chi connectivity index (χ3n) is 2.91. The number of hydrogen-bond donors (Lipinski definition) is 5. The maximum Gasteiger partial charge on any atom is 0.406 e. The molecule has 3 amide bonds. The van der Waals surface area contributed by atoms with Gasteiger partial charge in [-0.3, -0.25) is 9.59 Å². The van der Waals surface area contributed by atoms with E-state index >= 15 is 0 Å². The van der Waals surface area contributed by atoms with Gasteiger partial charge in [0, 0.05) is 6.42 Å². The molecule has 2 atom stereocenters. The maximum atomic E-state index is 11.8. The number of nitrogens with one attached hydrogen (secondary N) is 3. The van der Waals surface area contributed by atoms with E-state index in [2.05, 4.69) is 16.0 Å². The van der Waals surface area contributed by atoms with E-state index in [-0.39, 0.29) is 18.4 Å². The van der Waals surface area contributed by atoms with Gasteiger partial charge in [0.2, 0.25) is 11.8 Å². The fourth-order valence-electron chi connectivity index (χ4n) is 1.99. The van der Waals surface area contributed by atoms with Gasteiger partial charge in [0.1, 0.15) is 6.17 Å². The minimum absolute atomic E-state index is 0.162. The second-order valence-electron chi connectivity index (χ2n) is 4.52. The highest BCUT2D eigenvalue weighted by Gasteiger charge is 2.24. The molecular weight excluding hydrogens is 252 g/mol. The molecule has 8 nitrogen and oxygen atoms in total. The number of nitrogens with two attached hydrogens (primary N) is 1. The van der Waals surface area contributed by atoms with E-state index in [1.54, 1.807) is 0 Å². The first-order valence-corrected chi connectivity index (χ1v) is 6.30. The summed E-state index contributed by atoms with van der Waals surface area (Å²) >= 11 is 0. The Bertz CT molecular complexity index is 342. The summed E-state index contributed by atoms with van der Waals surface area (Å²) in [5, 5.41) is 16.6. The number of hydrogen-bond acceptors (Lipinski definition) is 4. The van der Waals surface area contributed by atoms with Crippen LogP contribution in [0.5, 0.6) is 0 Å². The smallest absolute Gasteiger partial charge is 0.406 e. The molecule has 0 aromatic rings. The van der Waals surface area contributed by atoms with Gasteiger partial charge in [-0.05, 0) is 32.2 Å². The Hall–Kier alpha value is -1.83. The normalized spacial score (nSPS) is 19.7. The van der Waals surface area contributed by atoms with E-state index in [9.17, 15) is 14.4 Å². The van der Waals surface area contributed by atoms with Gasteiger partial charge in [0.15, 0.2) is 0 Å².